The quantitative estimate of drug-likeness (QED) is 0.508. The van der Waals surface area contributed by atoms with Crippen molar-refractivity contribution < 1.29 is 8.76 Å². The molecule has 0 bridgehead atoms. The zero-order valence-electron chi connectivity index (χ0n) is 9.82. The molecule has 2 aromatic carbocycles. The number of rotatable bonds is 3. The molecule has 7 heteroatoms. The summed E-state index contributed by atoms with van der Waals surface area (Å²) in [7, 11) is 0. The molecule has 0 aliphatic rings. The fourth-order valence-electron chi connectivity index (χ4n) is 1.40. The van der Waals surface area contributed by atoms with Crippen LogP contribution in [0.1, 0.15) is 0 Å². The maximum atomic E-state index is 10.7. The first-order valence-corrected chi connectivity index (χ1v) is 6.40. The number of nitrogen functional groups attached to an aromatic ring is 2. The van der Waals surface area contributed by atoms with Crippen molar-refractivity contribution in [3.63, 3.8) is 0 Å². The van der Waals surface area contributed by atoms with Crippen LogP contribution in [-0.2, 0) is 11.1 Å². The van der Waals surface area contributed by atoms with Gasteiger partial charge in [-0.25, -0.2) is 0 Å². The number of nitrogens with zero attached hydrogens (tertiary/aromatic N) is 2. The van der Waals surface area contributed by atoms with Gasteiger partial charge in [-0.05, 0) is 53.5 Å². The van der Waals surface area contributed by atoms with Gasteiger partial charge in [0.25, 0.3) is 0 Å². The summed E-state index contributed by atoms with van der Waals surface area (Å²) in [4.78, 5) is 0.200. The zero-order valence-corrected chi connectivity index (χ0v) is 10.6. The number of hydrogen-bond donors (Lipinski definition) is 2. The van der Waals surface area contributed by atoms with Gasteiger partial charge in [-0.2, -0.15) is 5.11 Å². The van der Waals surface area contributed by atoms with Gasteiger partial charge in [0.1, 0.15) is 5.69 Å². The molecule has 0 saturated carbocycles. The summed E-state index contributed by atoms with van der Waals surface area (Å²) in [6.45, 7) is 0. The Bertz CT molecular complexity index is 641. The van der Waals surface area contributed by atoms with Gasteiger partial charge in [0, 0.05) is 10.6 Å². The lowest BCUT2D eigenvalue weighted by Gasteiger charge is -2.04. The molecule has 0 radical (unpaired) electrons. The van der Waals surface area contributed by atoms with E-state index in [0.717, 1.165) is 0 Å². The molecule has 2 aromatic rings. The number of benzene rings is 2. The van der Waals surface area contributed by atoms with Crippen LogP contribution in [-0.4, -0.2) is 8.76 Å². The van der Waals surface area contributed by atoms with E-state index < -0.39 is 11.1 Å². The third kappa shape index (κ3) is 3.36. The van der Waals surface area contributed by atoms with Gasteiger partial charge in [0.2, 0.25) is 0 Å². The minimum absolute atomic E-state index is 0.200. The van der Waals surface area contributed by atoms with E-state index in [2.05, 4.69) is 10.2 Å². The molecule has 0 aliphatic heterocycles. The summed E-state index contributed by atoms with van der Waals surface area (Å²) in [5.74, 6) is 0. The molecule has 6 nitrogen and oxygen atoms in total. The van der Waals surface area contributed by atoms with Gasteiger partial charge < -0.3 is 16.0 Å². The van der Waals surface area contributed by atoms with Crippen LogP contribution >= 0.6 is 0 Å². The van der Waals surface area contributed by atoms with Crippen molar-refractivity contribution in [2.75, 3.05) is 11.5 Å². The molecule has 4 N–H and O–H groups in total. The number of anilines is 2. The van der Waals surface area contributed by atoms with Crippen molar-refractivity contribution in [3.05, 3.63) is 42.5 Å². The molecule has 0 spiro atoms. The van der Waals surface area contributed by atoms with Crippen LogP contribution in [0.2, 0.25) is 0 Å². The average Bonchev–Trinajstić information content (AvgIpc) is 2.38. The van der Waals surface area contributed by atoms with Crippen molar-refractivity contribution in [1.29, 1.82) is 0 Å². The van der Waals surface area contributed by atoms with Crippen LogP contribution in [0.25, 0.3) is 0 Å². The van der Waals surface area contributed by atoms with E-state index in [4.69, 9.17) is 11.5 Å². The molecule has 0 amide bonds. The van der Waals surface area contributed by atoms with Crippen molar-refractivity contribution >= 4 is 33.8 Å². The highest BCUT2D eigenvalue weighted by Crippen LogP contribution is 2.26. The predicted molar refractivity (Wildman–Crippen MR) is 73.1 cm³/mol. The van der Waals surface area contributed by atoms with E-state index in [9.17, 15) is 8.76 Å². The van der Waals surface area contributed by atoms with Gasteiger partial charge in [-0.3, -0.25) is 4.21 Å². The maximum absolute atomic E-state index is 10.7. The highest BCUT2D eigenvalue weighted by Gasteiger charge is 1.98. The smallest absolute Gasteiger partial charge is 0.109 e. The lowest BCUT2D eigenvalue weighted by molar-refractivity contribution is 0.537. The second kappa shape index (κ2) is 5.59. The summed E-state index contributed by atoms with van der Waals surface area (Å²) in [5.41, 5.74) is 13.3. The topological polar surface area (TPSA) is 117 Å². The molecule has 0 aliphatic carbocycles. The standard InChI is InChI=1S/C12H12N4O2S/c13-8-1-6-12(11(14)7-8)16-15-9-2-4-10(5-3-9)19(17)18/h1-7H,13-14H2,(H,17,18)/p-1. The van der Waals surface area contributed by atoms with Crippen LogP contribution in [0.15, 0.2) is 57.6 Å². The SMILES string of the molecule is Nc1ccc(N=Nc2ccc(S(=O)[O-])cc2)c(N)c1. The fraction of sp³-hybridized carbons (Fsp3) is 0. The number of hydrogen-bond acceptors (Lipinski definition) is 6. The summed E-state index contributed by atoms with van der Waals surface area (Å²) < 4.78 is 21.4. The molecular weight excluding hydrogens is 264 g/mol. The molecule has 19 heavy (non-hydrogen) atoms. The van der Waals surface area contributed by atoms with Crippen LogP contribution in [0, 0.1) is 0 Å². The summed E-state index contributed by atoms with van der Waals surface area (Å²) in [6.07, 6.45) is 0. The zero-order chi connectivity index (χ0) is 13.8. The Balaban J connectivity index is 2.20. The van der Waals surface area contributed by atoms with Crippen LogP contribution in [0.3, 0.4) is 0 Å². The van der Waals surface area contributed by atoms with Crippen molar-refractivity contribution in [1.82, 2.24) is 0 Å². The minimum Gasteiger partial charge on any atom is -0.768 e. The summed E-state index contributed by atoms with van der Waals surface area (Å²) in [6, 6.07) is 10.9. The monoisotopic (exact) mass is 275 g/mol. The van der Waals surface area contributed by atoms with E-state index in [1.54, 1.807) is 30.3 Å². The molecule has 98 valence electrons. The second-order valence-corrected chi connectivity index (χ2v) is 4.69. The van der Waals surface area contributed by atoms with E-state index >= 15 is 0 Å². The number of azo groups is 1. The van der Waals surface area contributed by atoms with E-state index in [1.165, 1.54) is 12.1 Å². The van der Waals surface area contributed by atoms with Gasteiger partial charge in [0.05, 0.1) is 11.4 Å². The lowest BCUT2D eigenvalue weighted by Crippen LogP contribution is -1.89. The van der Waals surface area contributed by atoms with Gasteiger partial charge in [0.15, 0.2) is 0 Å². The van der Waals surface area contributed by atoms with E-state index in [-0.39, 0.29) is 4.90 Å². The average molecular weight is 275 g/mol. The highest BCUT2D eigenvalue weighted by molar-refractivity contribution is 7.79. The predicted octanol–water partition coefficient (Wildman–Crippen LogP) is 2.50. The molecule has 0 heterocycles. The Morgan fingerprint density at radius 3 is 2.26 bits per heavy atom. The van der Waals surface area contributed by atoms with Crippen LogP contribution < -0.4 is 11.5 Å². The van der Waals surface area contributed by atoms with Gasteiger partial charge >= 0.3 is 0 Å². The van der Waals surface area contributed by atoms with Crippen molar-refractivity contribution in [3.8, 4) is 0 Å². The minimum atomic E-state index is -2.24. The Morgan fingerprint density at radius 2 is 1.68 bits per heavy atom. The first-order valence-electron chi connectivity index (χ1n) is 5.32. The summed E-state index contributed by atoms with van der Waals surface area (Å²) in [5, 5.41) is 7.95. The molecular formula is C12H11N4O2S-. The maximum Gasteiger partial charge on any atom is 0.109 e. The fourth-order valence-corrected chi connectivity index (χ4v) is 1.76. The third-order valence-corrected chi connectivity index (χ3v) is 3.01. The van der Waals surface area contributed by atoms with Crippen LogP contribution in [0.5, 0.6) is 0 Å². The Kier molecular flexibility index (Phi) is 3.88. The molecule has 2 rings (SSSR count). The molecule has 0 aromatic heterocycles. The summed E-state index contributed by atoms with van der Waals surface area (Å²) >= 11 is -2.24. The first-order chi connectivity index (χ1) is 9.06. The lowest BCUT2D eigenvalue weighted by atomic mass is 10.2. The molecule has 1 unspecified atom stereocenters. The number of nitrogens with two attached hydrogens (primary N) is 2. The van der Waals surface area contributed by atoms with E-state index in [0.29, 0.717) is 22.7 Å². The molecule has 1 atom stereocenters. The Hall–Kier alpha value is -2.25. The molecule has 0 saturated heterocycles. The Labute approximate surface area is 112 Å². The van der Waals surface area contributed by atoms with Gasteiger partial charge in [-0.1, -0.05) is 0 Å². The highest BCUT2D eigenvalue weighted by atomic mass is 32.2. The third-order valence-electron chi connectivity index (χ3n) is 2.35. The first kappa shape index (κ1) is 13.2. The van der Waals surface area contributed by atoms with E-state index in [1.807, 2.05) is 0 Å². The van der Waals surface area contributed by atoms with Crippen LogP contribution in [0.4, 0.5) is 22.7 Å². The van der Waals surface area contributed by atoms with Gasteiger partial charge in [-0.15, -0.1) is 5.11 Å². The van der Waals surface area contributed by atoms with Crippen molar-refractivity contribution in [2.45, 2.75) is 4.90 Å². The molecule has 0 fully saturated rings. The second-order valence-electron chi connectivity index (χ2n) is 3.75. The van der Waals surface area contributed by atoms with Crippen molar-refractivity contribution in [2.24, 2.45) is 10.2 Å². The largest absolute Gasteiger partial charge is 0.768 e. The Morgan fingerprint density at radius 1 is 1.00 bits per heavy atom. The normalized spacial score (nSPS) is 12.7.